The number of carbonyl (C=O) groups is 1. The molecule has 1 saturated heterocycles. The number of methoxy groups -OCH3 is 1. The Hall–Kier alpha value is -1.06. The molecular weight excluding hydrogens is 401 g/mol. The zero-order chi connectivity index (χ0) is 18.8. The van der Waals surface area contributed by atoms with Crippen molar-refractivity contribution in [3.63, 3.8) is 0 Å². The van der Waals surface area contributed by atoms with Crippen LogP contribution in [0.4, 0.5) is 0 Å². The molecule has 0 spiro atoms. The third-order valence-corrected chi connectivity index (χ3v) is 6.46. The van der Waals surface area contributed by atoms with Crippen LogP contribution < -0.4 is 10.1 Å². The Morgan fingerprint density at radius 1 is 1.31 bits per heavy atom. The van der Waals surface area contributed by atoms with E-state index in [0.717, 1.165) is 12.8 Å². The van der Waals surface area contributed by atoms with Gasteiger partial charge in [0.25, 0.3) is 5.91 Å². The SMILES string of the molecule is CNC1CCN(S(=O)(=O)c2cc(Cl)cc(C(=O)N(C)C)c2OC)CC1.Cl. The van der Waals surface area contributed by atoms with Crippen LogP contribution in [0.2, 0.25) is 5.02 Å². The van der Waals surface area contributed by atoms with Gasteiger partial charge in [0.15, 0.2) is 5.75 Å². The summed E-state index contributed by atoms with van der Waals surface area (Å²) in [6.45, 7) is 0.806. The third-order valence-electron chi connectivity index (χ3n) is 4.34. The van der Waals surface area contributed by atoms with Crippen molar-refractivity contribution >= 4 is 39.9 Å². The Labute approximate surface area is 166 Å². The van der Waals surface area contributed by atoms with E-state index in [1.165, 1.54) is 28.4 Å². The quantitative estimate of drug-likeness (QED) is 0.778. The maximum atomic E-state index is 13.1. The van der Waals surface area contributed by atoms with Crippen LogP contribution in [0.1, 0.15) is 23.2 Å². The normalized spacial score (nSPS) is 16.0. The molecule has 1 aromatic carbocycles. The van der Waals surface area contributed by atoms with Crippen LogP contribution in [0.25, 0.3) is 0 Å². The number of hydrogen-bond acceptors (Lipinski definition) is 5. The minimum atomic E-state index is -3.82. The predicted octanol–water partition coefficient (Wildman–Crippen LogP) is 1.84. The van der Waals surface area contributed by atoms with E-state index in [2.05, 4.69) is 5.32 Å². The fourth-order valence-electron chi connectivity index (χ4n) is 2.89. The minimum absolute atomic E-state index is 0. The lowest BCUT2D eigenvalue weighted by Crippen LogP contribution is -2.44. The van der Waals surface area contributed by atoms with E-state index in [1.807, 2.05) is 7.05 Å². The molecule has 0 saturated carbocycles. The fraction of sp³-hybridized carbons (Fsp3) is 0.562. The van der Waals surface area contributed by atoms with Gasteiger partial charge in [0, 0.05) is 38.2 Å². The molecule has 1 N–H and O–H groups in total. The van der Waals surface area contributed by atoms with Gasteiger partial charge in [-0.1, -0.05) is 11.6 Å². The van der Waals surface area contributed by atoms with Gasteiger partial charge in [0.1, 0.15) is 4.90 Å². The highest BCUT2D eigenvalue weighted by Crippen LogP contribution is 2.35. The Kier molecular flexibility index (Phi) is 8.16. The number of ether oxygens (including phenoxy) is 1. The van der Waals surface area contributed by atoms with Gasteiger partial charge in [0.05, 0.1) is 12.7 Å². The summed E-state index contributed by atoms with van der Waals surface area (Å²) < 4.78 is 32.9. The molecule has 1 aromatic rings. The summed E-state index contributed by atoms with van der Waals surface area (Å²) in [5.41, 5.74) is 0.128. The second-order valence-corrected chi connectivity index (χ2v) is 8.49. The summed E-state index contributed by atoms with van der Waals surface area (Å²) in [5.74, 6) is -0.344. The maximum absolute atomic E-state index is 13.1. The van der Waals surface area contributed by atoms with Crippen molar-refractivity contribution in [2.24, 2.45) is 0 Å². The molecule has 0 aliphatic carbocycles. The number of hydrogen-bond donors (Lipinski definition) is 1. The van der Waals surface area contributed by atoms with Gasteiger partial charge in [-0.25, -0.2) is 8.42 Å². The van der Waals surface area contributed by atoms with E-state index in [0.29, 0.717) is 19.1 Å². The van der Waals surface area contributed by atoms with Crippen molar-refractivity contribution in [1.29, 1.82) is 0 Å². The summed E-state index contributed by atoms with van der Waals surface area (Å²) in [4.78, 5) is 13.7. The van der Waals surface area contributed by atoms with Gasteiger partial charge in [-0.05, 0) is 32.0 Å². The first-order chi connectivity index (χ1) is 11.7. The molecule has 1 heterocycles. The number of nitrogens with one attached hydrogen (secondary N) is 1. The average molecular weight is 426 g/mol. The molecule has 1 aliphatic heterocycles. The molecule has 10 heteroatoms. The fourth-order valence-corrected chi connectivity index (χ4v) is 4.85. The third kappa shape index (κ3) is 4.61. The zero-order valence-corrected chi connectivity index (χ0v) is 17.7. The van der Waals surface area contributed by atoms with Crippen LogP contribution in [-0.2, 0) is 10.0 Å². The van der Waals surface area contributed by atoms with E-state index in [-0.39, 0.29) is 39.5 Å². The Bertz CT molecular complexity index is 748. The molecule has 0 aromatic heterocycles. The Morgan fingerprint density at radius 3 is 2.35 bits per heavy atom. The van der Waals surface area contributed by atoms with Gasteiger partial charge >= 0.3 is 0 Å². The Balaban J connectivity index is 0.00000338. The first-order valence-electron chi connectivity index (χ1n) is 7.99. The first kappa shape index (κ1) is 23.0. The van der Waals surface area contributed by atoms with Gasteiger partial charge in [-0.15, -0.1) is 12.4 Å². The summed E-state index contributed by atoms with van der Waals surface area (Å²) in [5, 5.41) is 3.34. The first-order valence-corrected chi connectivity index (χ1v) is 9.80. The lowest BCUT2D eigenvalue weighted by atomic mass is 10.1. The van der Waals surface area contributed by atoms with Crippen molar-refractivity contribution in [2.45, 2.75) is 23.8 Å². The van der Waals surface area contributed by atoms with Crippen molar-refractivity contribution in [2.75, 3.05) is 41.3 Å². The van der Waals surface area contributed by atoms with Crippen LogP contribution in [0.3, 0.4) is 0 Å². The van der Waals surface area contributed by atoms with Gasteiger partial charge < -0.3 is 15.0 Å². The van der Waals surface area contributed by atoms with Crippen LogP contribution in [0.5, 0.6) is 5.75 Å². The maximum Gasteiger partial charge on any atom is 0.257 e. The molecule has 0 bridgehead atoms. The van der Waals surface area contributed by atoms with Gasteiger partial charge in [-0.3, -0.25) is 4.79 Å². The summed E-state index contributed by atoms with van der Waals surface area (Å²) in [6, 6.07) is 3.07. The number of benzene rings is 1. The second kappa shape index (κ2) is 9.23. The number of carbonyl (C=O) groups excluding carboxylic acids is 1. The number of piperidine rings is 1. The van der Waals surface area contributed by atoms with Crippen molar-refractivity contribution in [1.82, 2.24) is 14.5 Å². The monoisotopic (exact) mass is 425 g/mol. The number of rotatable bonds is 5. The molecule has 0 atom stereocenters. The van der Waals surface area contributed by atoms with Crippen LogP contribution in [0.15, 0.2) is 17.0 Å². The average Bonchev–Trinajstić information content (AvgIpc) is 2.60. The molecule has 148 valence electrons. The van der Waals surface area contributed by atoms with E-state index in [4.69, 9.17) is 16.3 Å². The van der Waals surface area contributed by atoms with E-state index >= 15 is 0 Å². The number of nitrogens with zero attached hydrogens (tertiary/aromatic N) is 2. The van der Waals surface area contributed by atoms with Gasteiger partial charge in [0.2, 0.25) is 10.0 Å². The highest BCUT2D eigenvalue weighted by atomic mass is 35.5. The molecule has 1 aliphatic rings. The van der Waals surface area contributed by atoms with Gasteiger partial charge in [-0.2, -0.15) is 4.31 Å². The largest absolute Gasteiger partial charge is 0.494 e. The van der Waals surface area contributed by atoms with Crippen molar-refractivity contribution < 1.29 is 17.9 Å². The standard InChI is InChI=1S/C16H24ClN3O4S.ClH/c1-18-12-5-7-20(8-6-12)25(22,23)14-10-11(17)9-13(15(14)24-4)16(21)19(2)3;/h9-10,12,18H,5-8H2,1-4H3;1H. The molecule has 0 unspecified atom stereocenters. The van der Waals surface area contributed by atoms with E-state index < -0.39 is 10.0 Å². The zero-order valence-electron chi connectivity index (χ0n) is 15.3. The lowest BCUT2D eigenvalue weighted by molar-refractivity contribution is 0.0823. The number of halogens is 2. The molecule has 1 amide bonds. The lowest BCUT2D eigenvalue weighted by Gasteiger charge is -2.31. The van der Waals surface area contributed by atoms with Crippen LogP contribution >= 0.6 is 24.0 Å². The van der Waals surface area contributed by atoms with Crippen molar-refractivity contribution in [3.8, 4) is 5.75 Å². The topological polar surface area (TPSA) is 79.0 Å². The van der Waals surface area contributed by atoms with E-state index in [9.17, 15) is 13.2 Å². The highest BCUT2D eigenvalue weighted by Gasteiger charge is 2.33. The summed E-state index contributed by atoms with van der Waals surface area (Å²) >= 11 is 6.10. The predicted molar refractivity (Wildman–Crippen MR) is 104 cm³/mol. The minimum Gasteiger partial charge on any atom is -0.494 e. The molecule has 2 rings (SSSR count). The Morgan fingerprint density at radius 2 is 1.88 bits per heavy atom. The molecule has 1 fully saturated rings. The highest BCUT2D eigenvalue weighted by molar-refractivity contribution is 7.89. The second-order valence-electron chi connectivity index (χ2n) is 6.15. The molecule has 26 heavy (non-hydrogen) atoms. The van der Waals surface area contributed by atoms with Crippen LogP contribution in [0, 0.1) is 0 Å². The summed E-state index contributed by atoms with van der Waals surface area (Å²) in [7, 11) is 2.57. The van der Waals surface area contributed by atoms with Crippen molar-refractivity contribution in [3.05, 3.63) is 22.7 Å². The molecule has 7 nitrogen and oxygen atoms in total. The molecular formula is C16H25Cl2N3O4S. The number of sulfonamides is 1. The molecule has 0 radical (unpaired) electrons. The van der Waals surface area contributed by atoms with E-state index in [1.54, 1.807) is 14.1 Å². The van der Waals surface area contributed by atoms with Crippen LogP contribution in [-0.4, -0.2) is 70.9 Å². The summed E-state index contributed by atoms with van der Waals surface area (Å²) in [6.07, 6.45) is 1.45. The smallest absolute Gasteiger partial charge is 0.257 e. The number of amides is 1.